The Morgan fingerprint density at radius 2 is 2.35 bits per heavy atom. The highest BCUT2D eigenvalue weighted by atomic mass is 16.5. The van der Waals surface area contributed by atoms with Gasteiger partial charge in [-0.25, -0.2) is 0 Å². The third-order valence-corrected chi connectivity index (χ3v) is 3.49. The van der Waals surface area contributed by atoms with Crippen molar-refractivity contribution in [2.45, 2.75) is 31.8 Å². The van der Waals surface area contributed by atoms with Gasteiger partial charge in [-0.1, -0.05) is 0 Å². The second-order valence-corrected chi connectivity index (χ2v) is 4.99. The van der Waals surface area contributed by atoms with Gasteiger partial charge in [0.05, 0.1) is 18.8 Å². The maximum Gasteiger partial charge on any atom is 0.255 e. The molecule has 1 unspecified atom stereocenters. The van der Waals surface area contributed by atoms with Crippen molar-refractivity contribution >= 4 is 11.6 Å². The summed E-state index contributed by atoms with van der Waals surface area (Å²) in [5, 5.41) is 2.89. The topological polar surface area (TPSA) is 73.6 Å². The molecule has 0 aromatic heterocycles. The summed E-state index contributed by atoms with van der Waals surface area (Å²) in [5.74, 6) is 0.371. The number of hydrogen-bond donors (Lipinski definition) is 2. The molecule has 0 spiro atoms. The van der Waals surface area contributed by atoms with Gasteiger partial charge in [-0.3, -0.25) is 4.79 Å². The lowest BCUT2D eigenvalue weighted by Gasteiger charge is -2.22. The van der Waals surface area contributed by atoms with Gasteiger partial charge in [0.15, 0.2) is 0 Å². The minimum Gasteiger partial charge on any atom is -0.496 e. The van der Waals surface area contributed by atoms with Crippen molar-refractivity contribution in [3.63, 3.8) is 0 Å². The van der Waals surface area contributed by atoms with Crippen LogP contribution in [0.2, 0.25) is 0 Å². The summed E-state index contributed by atoms with van der Waals surface area (Å²) in [5.41, 5.74) is 6.73. The van der Waals surface area contributed by atoms with Gasteiger partial charge in [-0.15, -0.1) is 0 Å². The van der Waals surface area contributed by atoms with Crippen molar-refractivity contribution < 1.29 is 14.3 Å². The first-order chi connectivity index (χ1) is 9.70. The van der Waals surface area contributed by atoms with Gasteiger partial charge < -0.3 is 20.5 Å². The first-order valence-corrected chi connectivity index (χ1v) is 7.04. The molecule has 5 heteroatoms. The first kappa shape index (κ1) is 14.7. The van der Waals surface area contributed by atoms with Crippen molar-refractivity contribution in [1.82, 2.24) is 5.32 Å². The maximum atomic E-state index is 12.1. The van der Waals surface area contributed by atoms with Gasteiger partial charge in [-0.05, 0) is 43.9 Å². The standard InChI is InChI=1S/C15H22N2O3/c1-19-14-6-5-11(16)10-13(14)15(18)17-8-7-12-4-2-3-9-20-12/h5-6,10,12H,2-4,7-9,16H2,1H3,(H,17,18). The van der Waals surface area contributed by atoms with E-state index >= 15 is 0 Å². The quantitative estimate of drug-likeness (QED) is 0.808. The largest absolute Gasteiger partial charge is 0.496 e. The summed E-state index contributed by atoms with van der Waals surface area (Å²) in [7, 11) is 1.54. The van der Waals surface area contributed by atoms with E-state index in [-0.39, 0.29) is 12.0 Å². The summed E-state index contributed by atoms with van der Waals surface area (Å²) in [4.78, 5) is 12.1. The predicted octanol–water partition coefficient (Wildman–Crippen LogP) is 1.97. The van der Waals surface area contributed by atoms with Gasteiger partial charge >= 0.3 is 0 Å². The molecule has 1 aliphatic rings. The van der Waals surface area contributed by atoms with Crippen LogP contribution in [-0.2, 0) is 4.74 Å². The van der Waals surface area contributed by atoms with Crippen LogP contribution in [0.15, 0.2) is 18.2 Å². The number of anilines is 1. The molecule has 1 atom stereocenters. The molecule has 3 N–H and O–H groups in total. The van der Waals surface area contributed by atoms with Crippen LogP contribution >= 0.6 is 0 Å². The van der Waals surface area contributed by atoms with Crippen molar-refractivity contribution in [2.75, 3.05) is 26.0 Å². The smallest absolute Gasteiger partial charge is 0.255 e. The lowest BCUT2D eigenvalue weighted by molar-refractivity contribution is 0.0117. The van der Waals surface area contributed by atoms with Crippen LogP contribution in [0.3, 0.4) is 0 Å². The van der Waals surface area contributed by atoms with E-state index in [0.717, 1.165) is 25.9 Å². The average molecular weight is 278 g/mol. The second kappa shape index (κ2) is 7.14. The van der Waals surface area contributed by atoms with E-state index in [9.17, 15) is 4.79 Å². The van der Waals surface area contributed by atoms with E-state index in [1.807, 2.05) is 0 Å². The Balaban J connectivity index is 1.86. The van der Waals surface area contributed by atoms with Gasteiger partial charge in [0.2, 0.25) is 0 Å². The Kier molecular flexibility index (Phi) is 5.24. The number of amides is 1. The van der Waals surface area contributed by atoms with E-state index in [4.69, 9.17) is 15.2 Å². The lowest BCUT2D eigenvalue weighted by Crippen LogP contribution is -2.29. The zero-order chi connectivity index (χ0) is 14.4. The van der Waals surface area contributed by atoms with Gasteiger partial charge in [0, 0.05) is 18.8 Å². The molecule has 1 aromatic rings. The molecule has 1 heterocycles. The Morgan fingerprint density at radius 1 is 1.50 bits per heavy atom. The second-order valence-electron chi connectivity index (χ2n) is 4.99. The summed E-state index contributed by atoms with van der Waals surface area (Å²) in [6.45, 7) is 1.43. The van der Waals surface area contributed by atoms with E-state index in [1.54, 1.807) is 18.2 Å². The number of carbonyl (C=O) groups is 1. The van der Waals surface area contributed by atoms with Crippen molar-refractivity contribution in [3.8, 4) is 5.75 Å². The van der Waals surface area contributed by atoms with Gasteiger partial charge in [-0.2, -0.15) is 0 Å². The molecule has 20 heavy (non-hydrogen) atoms. The van der Waals surface area contributed by atoms with Gasteiger partial charge in [0.1, 0.15) is 5.75 Å². The number of benzene rings is 1. The highest BCUT2D eigenvalue weighted by Gasteiger charge is 2.15. The van der Waals surface area contributed by atoms with Crippen molar-refractivity contribution in [3.05, 3.63) is 23.8 Å². The van der Waals surface area contributed by atoms with Crippen LogP contribution in [-0.4, -0.2) is 32.3 Å². The molecule has 0 saturated carbocycles. The Bertz CT molecular complexity index is 456. The molecule has 5 nitrogen and oxygen atoms in total. The molecule has 1 aliphatic heterocycles. The number of carbonyl (C=O) groups excluding carboxylic acids is 1. The van der Waals surface area contributed by atoms with Crippen LogP contribution in [0.4, 0.5) is 5.69 Å². The van der Waals surface area contributed by atoms with E-state index in [2.05, 4.69) is 5.32 Å². The Labute approximate surface area is 119 Å². The number of methoxy groups -OCH3 is 1. The fourth-order valence-electron chi connectivity index (χ4n) is 2.38. The average Bonchev–Trinajstić information content (AvgIpc) is 2.48. The summed E-state index contributed by atoms with van der Waals surface area (Å²) >= 11 is 0. The molecular formula is C15H22N2O3. The minimum atomic E-state index is -0.162. The number of nitrogens with one attached hydrogen (secondary N) is 1. The number of nitrogens with two attached hydrogens (primary N) is 1. The molecule has 1 saturated heterocycles. The third kappa shape index (κ3) is 3.87. The molecule has 0 aliphatic carbocycles. The Hall–Kier alpha value is -1.75. The van der Waals surface area contributed by atoms with Crippen LogP contribution in [0.25, 0.3) is 0 Å². The fraction of sp³-hybridized carbons (Fsp3) is 0.533. The molecule has 0 bridgehead atoms. The Morgan fingerprint density at radius 3 is 3.05 bits per heavy atom. The normalized spacial score (nSPS) is 18.6. The minimum absolute atomic E-state index is 0.162. The van der Waals surface area contributed by atoms with E-state index < -0.39 is 0 Å². The monoisotopic (exact) mass is 278 g/mol. The first-order valence-electron chi connectivity index (χ1n) is 7.04. The van der Waals surface area contributed by atoms with Crippen LogP contribution < -0.4 is 15.8 Å². The molecule has 110 valence electrons. The van der Waals surface area contributed by atoms with Gasteiger partial charge in [0.25, 0.3) is 5.91 Å². The van der Waals surface area contributed by atoms with E-state index in [1.165, 1.54) is 13.5 Å². The van der Waals surface area contributed by atoms with Crippen LogP contribution in [0.1, 0.15) is 36.0 Å². The number of ether oxygens (including phenoxy) is 2. The lowest BCUT2D eigenvalue weighted by atomic mass is 10.1. The van der Waals surface area contributed by atoms with Crippen LogP contribution in [0.5, 0.6) is 5.75 Å². The van der Waals surface area contributed by atoms with Crippen molar-refractivity contribution in [1.29, 1.82) is 0 Å². The molecule has 1 amide bonds. The third-order valence-electron chi connectivity index (χ3n) is 3.49. The molecule has 1 fully saturated rings. The summed E-state index contributed by atoms with van der Waals surface area (Å²) < 4.78 is 10.8. The number of hydrogen-bond acceptors (Lipinski definition) is 4. The summed E-state index contributed by atoms with van der Waals surface area (Å²) in [6.07, 6.45) is 4.55. The zero-order valence-electron chi connectivity index (χ0n) is 11.9. The molecule has 2 rings (SSSR count). The molecule has 1 aromatic carbocycles. The van der Waals surface area contributed by atoms with Crippen LogP contribution in [0, 0.1) is 0 Å². The highest BCUT2D eigenvalue weighted by molar-refractivity contribution is 5.97. The zero-order valence-corrected chi connectivity index (χ0v) is 11.9. The molecular weight excluding hydrogens is 256 g/mol. The number of nitrogen functional groups attached to an aromatic ring is 1. The molecule has 0 radical (unpaired) electrons. The fourth-order valence-corrected chi connectivity index (χ4v) is 2.38. The SMILES string of the molecule is COc1ccc(N)cc1C(=O)NCCC1CCCCO1. The van der Waals surface area contributed by atoms with E-state index in [0.29, 0.717) is 23.5 Å². The highest BCUT2D eigenvalue weighted by Crippen LogP contribution is 2.21. The maximum absolute atomic E-state index is 12.1. The summed E-state index contributed by atoms with van der Waals surface area (Å²) in [6, 6.07) is 5.05. The predicted molar refractivity (Wildman–Crippen MR) is 77.9 cm³/mol. The van der Waals surface area contributed by atoms with Crippen molar-refractivity contribution in [2.24, 2.45) is 0 Å². The number of rotatable bonds is 5.